The summed E-state index contributed by atoms with van der Waals surface area (Å²) in [4.78, 5) is 28.4. The van der Waals surface area contributed by atoms with Crippen molar-refractivity contribution in [3.8, 4) is 17.1 Å². The second kappa shape index (κ2) is 10.1. The molecule has 1 aliphatic rings. The van der Waals surface area contributed by atoms with Crippen LogP contribution in [0.3, 0.4) is 0 Å². The first kappa shape index (κ1) is 25.7. The highest BCUT2D eigenvalue weighted by Gasteiger charge is 2.27. The molecule has 11 heteroatoms. The average Bonchev–Trinajstić information content (AvgIpc) is 3.47. The molecule has 1 aromatic carbocycles. The van der Waals surface area contributed by atoms with Crippen molar-refractivity contribution in [3.63, 3.8) is 0 Å². The standard InChI is InChI=1S/C27H33N7O4/c1-16-22-18(13-33(5)32-22)10-21(23(16)37-15-36-6)25-28-11-17-9-20(12-29-24(17)31-25)34-8-7-19(14-34)30-26(35)38-27(2,3)4/h9-13,19H,7-8,14-15H2,1-6H3,(H,30,35)/t19-/m0/s1. The van der Waals surface area contributed by atoms with Gasteiger partial charge in [-0.05, 0) is 46.2 Å². The lowest BCUT2D eigenvalue weighted by atomic mass is 10.0. The van der Waals surface area contributed by atoms with Gasteiger partial charge in [0.2, 0.25) is 0 Å². The lowest BCUT2D eigenvalue weighted by Gasteiger charge is -2.22. The lowest BCUT2D eigenvalue weighted by Crippen LogP contribution is -2.40. The van der Waals surface area contributed by atoms with Crippen molar-refractivity contribution >= 4 is 33.7 Å². The van der Waals surface area contributed by atoms with E-state index in [2.05, 4.69) is 25.3 Å². The van der Waals surface area contributed by atoms with Crippen LogP contribution in [0, 0.1) is 6.92 Å². The summed E-state index contributed by atoms with van der Waals surface area (Å²) < 4.78 is 18.3. The lowest BCUT2D eigenvalue weighted by molar-refractivity contribution is 0.0505. The molecule has 0 unspecified atom stereocenters. The molecule has 38 heavy (non-hydrogen) atoms. The quantitative estimate of drug-likeness (QED) is 0.378. The van der Waals surface area contributed by atoms with E-state index in [0.29, 0.717) is 23.8 Å². The number of methoxy groups -OCH3 is 1. The highest BCUT2D eigenvalue weighted by Crippen LogP contribution is 2.37. The number of benzene rings is 1. The molecule has 11 nitrogen and oxygen atoms in total. The zero-order valence-electron chi connectivity index (χ0n) is 22.6. The van der Waals surface area contributed by atoms with Crippen LogP contribution in [0.5, 0.6) is 5.75 Å². The molecule has 0 radical (unpaired) electrons. The van der Waals surface area contributed by atoms with E-state index in [9.17, 15) is 4.79 Å². The number of amides is 1. The Balaban J connectivity index is 1.39. The van der Waals surface area contributed by atoms with Crippen LogP contribution in [0.1, 0.15) is 32.8 Å². The Morgan fingerprint density at radius 2 is 2.00 bits per heavy atom. The van der Waals surface area contributed by atoms with Gasteiger partial charge in [0.1, 0.15) is 11.4 Å². The van der Waals surface area contributed by atoms with E-state index in [4.69, 9.17) is 19.2 Å². The van der Waals surface area contributed by atoms with E-state index in [-0.39, 0.29) is 12.8 Å². The summed E-state index contributed by atoms with van der Waals surface area (Å²) in [5.41, 5.74) is 3.52. The molecule has 4 heterocycles. The minimum atomic E-state index is -0.525. The summed E-state index contributed by atoms with van der Waals surface area (Å²) in [5.74, 6) is 1.15. The number of anilines is 1. The third-order valence-electron chi connectivity index (χ3n) is 6.35. The van der Waals surface area contributed by atoms with Crippen molar-refractivity contribution < 1.29 is 19.0 Å². The molecule has 4 aromatic rings. The maximum Gasteiger partial charge on any atom is 0.407 e. The number of fused-ring (bicyclic) bond motifs is 2. The number of rotatable bonds is 6. The van der Waals surface area contributed by atoms with Gasteiger partial charge in [0.05, 0.1) is 29.0 Å². The van der Waals surface area contributed by atoms with E-state index < -0.39 is 11.7 Å². The van der Waals surface area contributed by atoms with Crippen molar-refractivity contribution in [1.82, 2.24) is 30.0 Å². The third-order valence-corrected chi connectivity index (χ3v) is 6.35. The Morgan fingerprint density at radius 1 is 1.18 bits per heavy atom. The van der Waals surface area contributed by atoms with Crippen LogP contribution in [0.4, 0.5) is 10.5 Å². The van der Waals surface area contributed by atoms with Crippen molar-refractivity contribution in [3.05, 3.63) is 36.3 Å². The van der Waals surface area contributed by atoms with Crippen LogP contribution < -0.4 is 15.0 Å². The summed E-state index contributed by atoms with van der Waals surface area (Å²) in [6, 6.07) is 4.02. The molecule has 5 rings (SSSR count). The predicted molar refractivity (Wildman–Crippen MR) is 144 cm³/mol. The molecule has 3 aromatic heterocycles. The zero-order chi connectivity index (χ0) is 27.0. The van der Waals surface area contributed by atoms with Gasteiger partial charge in [-0.2, -0.15) is 5.10 Å². The Morgan fingerprint density at radius 3 is 2.76 bits per heavy atom. The number of nitrogens with one attached hydrogen (secondary N) is 1. The summed E-state index contributed by atoms with van der Waals surface area (Å²) >= 11 is 0. The molecule has 0 spiro atoms. The number of hydrogen-bond donors (Lipinski definition) is 1. The molecular formula is C27H33N7O4. The molecule has 1 saturated heterocycles. The highest BCUT2D eigenvalue weighted by atomic mass is 16.7. The molecule has 1 atom stereocenters. The smallest absolute Gasteiger partial charge is 0.407 e. The molecule has 200 valence electrons. The second-order valence-electron chi connectivity index (χ2n) is 10.5. The Hall–Kier alpha value is -3.99. The molecule has 1 amide bonds. The molecule has 0 saturated carbocycles. The number of alkyl carbamates (subject to hydrolysis) is 1. The molecule has 1 fully saturated rings. The largest absolute Gasteiger partial charge is 0.466 e. The zero-order valence-corrected chi connectivity index (χ0v) is 22.6. The van der Waals surface area contributed by atoms with Gasteiger partial charge in [-0.25, -0.2) is 19.7 Å². The summed E-state index contributed by atoms with van der Waals surface area (Å²) in [6.45, 7) is 9.11. The van der Waals surface area contributed by atoms with Crippen molar-refractivity contribution in [1.29, 1.82) is 0 Å². The highest BCUT2D eigenvalue weighted by molar-refractivity contribution is 5.91. The van der Waals surface area contributed by atoms with Crippen molar-refractivity contribution in [2.24, 2.45) is 7.05 Å². The minimum absolute atomic E-state index is 0.00956. The van der Waals surface area contributed by atoms with Crippen LogP contribution in [-0.2, 0) is 16.5 Å². The molecule has 0 aliphatic carbocycles. The first-order valence-corrected chi connectivity index (χ1v) is 12.6. The van der Waals surface area contributed by atoms with E-state index >= 15 is 0 Å². The van der Waals surface area contributed by atoms with Gasteiger partial charge >= 0.3 is 6.09 Å². The molecular weight excluding hydrogens is 486 g/mol. The third kappa shape index (κ3) is 5.33. The number of hydrogen-bond acceptors (Lipinski definition) is 9. The summed E-state index contributed by atoms with van der Waals surface area (Å²) in [7, 11) is 3.47. The Bertz CT molecular complexity index is 1490. The number of ether oxygens (including phenoxy) is 3. The number of pyridine rings is 1. The van der Waals surface area contributed by atoms with Gasteiger partial charge in [0.25, 0.3) is 0 Å². The van der Waals surface area contributed by atoms with Gasteiger partial charge in [0, 0.05) is 56.0 Å². The van der Waals surface area contributed by atoms with E-state index in [1.807, 2.05) is 59.3 Å². The van der Waals surface area contributed by atoms with Gasteiger partial charge in [-0.15, -0.1) is 0 Å². The minimum Gasteiger partial charge on any atom is -0.466 e. The van der Waals surface area contributed by atoms with Crippen LogP contribution in [0.25, 0.3) is 33.3 Å². The topological polar surface area (TPSA) is 117 Å². The second-order valence-corrected chi connectivity index (χ2v) is 10.5. The first-order chi connectivity index (χ1) is 18.1. The van der Waals surface area contributed by atoms with Gasteiger partial charge < -0.3 is 24.4 Å². The van der Waals surface area contributed by atoms with Crippen LogP contribution >= 0.6 is 0 Å². The van der Waals surface area contributed by atoms with Gasteiger partial charge in [-0.1, -0.05) is 0 Å². The SMILES string of the molecule is COCOc1c(-c2ncc3cc(N4CC[C@H](NC(=O)OC(C)(C)C)C4)cnc3n2)cc2cn(C)nc2c1C. The molecule has 1 N–H and O–H groups in total. The maximum atomic E-state index is 12.2. The fourth-order valence-corrected chi connectivity index (χ4v) is 4.71. The Labute approximate surface area is 221 Å². The maximum absolute atomic E-state index is 12.2. The number of aromatic nitrogens is 5. The van der Waals surface area contributed by atoms with Crippen molar-refractivity contribution in [2.75, 3.05) is 31.9 Å². The van der Waals surface area contributed by atoms with E-state index in [1.165, 1.54) is 0 Å². The molecule has 0 bridgehead atoms. The van der Waals surface area contributed by atoms with Crippen LogP contribution in [-0.4, -0.2) is 69.5 Å². The predicted octanol–water partition coefficient (Wildman–Crippen LogP) is 3.97. The van der Waals surface area contributed by atoms with E-state index in [1.54, 1.807) is 18.0 Å². The van der Waals surface area contributed by atoms with Gasteiger partial charge in [0.15, 0.2) is 18.3 Å². The molecule has 1 aliphatic heterocycles. The Kier molecular flexibility index (Phi) is 6.78. The fraction of sp³-hybridized carbons (Fsp3) is 0.444. The fourth-order valence-electron chi connectivity index (χ4n) is 4.71. The number of aryl methyl sites for hydroxylation is 2. The number of nitrogens with zero attached hydrogens (tertiary/aromatic N) is 6. The van der Waals surface area contributed by atoms with E-state index in [0.717, 1.165) is 46.1 Å². The number of carbonyl (C=O) groups is 1. The monoisotopic (exact) mass is 519 g/mol. The summed E-state index contributed by atoms with van der Waals surface area (Å²) in [5, 5.41) is 9.32. The normalized spacial score (nSPS) is 15.8. The summed E-state index contributed by atoms with van der Waals surface area (Å²) in [6.07, 6.45) is 5.98. The number of carbonyl (C=O) groups excluding carboxylic acids is 1. The first-order valence-electron chi connectivity index (χ1n) is 12.6. The average molecular weight is 520 g/mol. The van der Waals surface area contributed by atoms with Crippen LogP contribution in [0.15, 0.2) is 30.7 Å². The van der Waals surface area contributed by atoms with Crippen molar-refractivity contribution in [2.45, 2.75) is 45.8 Å². The van der Waals surface area contributed by atoms with Gasteiger partial charge in [-0.3, -0.25) is 4.68 Å². The van der Waals surface area contributed by atoms with Crippen LogP contribution in [0.2, 0.25) is 0 Å².